The van der Waals surface area contributed by atoms with Gasteiger partial charge in [0, 0.05) is 26.2 Å². The van der Waals surface area contributed by atoms with Crippen molar-refractivity contribution < 1.29 is 10.2 Å². The lowest BCUT2D eigenvalue weighted by Crippen LogP contribution is -2.51. The summed E-state index contributed by atoms with van der Waals surface area (Å²) in [6.45, 7) is 3.16. The molecule has 0 radical (unpaired) electrons. The zero-order valence-corrected chi connectivity index (χ0v) is 10.0. The molecule has 0 rings (SSSR count). The van der Waals surface area contributed by atoms with Crippen molar-refractivity contribution in [2.75, 3.05) is 26.2 Å². The van der Waals surface area contributed by atoms with Gasteiger partial charge in [0.1, 0.15) is 0 Å². The van der Waals surface area contributed by atoms with E-state index < -0.39 is 12.2 Å². The lowest BCUT2D eigenvalue weighted by molar-refractivity contribution is 0.0492. The second kappa shape index (κ2) is 8.86. The molecule has 0 aliphatic rings. The van der Waals surface area contributed by atoms with E-state index in [-0.39, 0.29) is 19.3 Å². The Morgan fingerprint density at radius 1 is 1.06 bits per heavy atom. The molecule has 16 heavy (non-hydrogen) atoms. The van der Waals surface area contributed by atoms with Crippen molar-refractivity contribution in [1.82, 2.24) is 4.90 Å². The van der Waals surface area contributed by atoms with Gasteiger partial charge < -0.3 is 27.4 Å². The lowest BCUT2D eigenvalue weighted by atomic mass is 10.2. The third-order valence-corrected chi connectivity index (χ3v) is 2.49. The van der Waals surface area contributed by atoms with E-state index in [0.717, 1.165) is 12.8 Å². The van der Waals surface area contributed by atoms with Gasteiger partial charge in [-0.25, -0.2) is 0 Å². The minimum Gasteiger partial charge on any atom is -0.390 e. The number of aliphatic hydroxyl groups excluding tert-OH is 2. The van der Waals surface area contributed by atoms with E-state index in [0.29, 0.717) is 13.1 Å². The van der Waals surface area contributed by atoms with Gasteiger partial charge in [0.2, 0.25) is 0 Å². The highest BCUT2D eigenvalue weighted by molar-refractivity contribution is 4.74. The molecule has 0 aromatic rings. The minimum atomic E-state index is -0.618. The summed E-state index contributed by atoms with van der Waals surface area (Å²) >= 11 is 0. The van der Waals surface area contributed by atoms with Crippen LogP contribution in [0.1, 0.15) is 19.8 Å². The van der Waals surface area contributed by atoms with Gasteiger partial charge in [-0.05, 0) is 6.42 Å². The summed E-state index contributed by atoms with van der Waals surface area (Å²) in [5, 5.41) is 19.0. The Morgan fingerprint density at radius 3 is 1.81 bits per heavy atom. The number of nitrogens with zero attached hydrogens (tertiary/aromatic N) is 1. The molecule has 0 aliphatic carbocycles. The van der Waals surface area contributed by atoms with Crippen LogP contribution in [0.5, 0.6) is 0 Å². The maximum absolute atomic E-state index is 9.50. The van der Waals surface area contributed by atoms with Crippen LogP contribution >= 0.6 is 0 Å². The first kappa shape index (κ1) is 15.8. The summed E-state index contributed by atoms with van der Waals surface area (Å²) in [7, 11) is 0. The van der Waals surface area contributed by atoms with Gasteiger partial charge in [-0.3, -0.25) is 4.90 Å². The van der Waals surface area contributed by atoms with E-state index in [2.05, 4.69) is 0 Å². The molecule has 3 unspecified atom stereocenters. The minimum absolute atomic E-state index is 0.174. The van der Waals surface area contributed by atoms with Crippen LogP contribution in [0.4, 0.5) is 0 Å². The molecule has 6 nitrogen and oxygen atoms in total. The summed E-state index contributed by atoms with van der Waals surface area (Å²) < 4.78 is 0. The predicted octanol–water partition coefficient (Wildman–Crippen LogP) is -1.99. The predicted molar refractivity (Wildman–Crippen MR) is 64.6 cm³/mol. The highest BCUT2D eigenvalue weighted by Gasteiger charge is 2.19. The number of nitrogens with two attached hydrogens (primary N) is 3. The van der Waals surface area contributed by atoms with Crippen LogP contribution < -0.4 is 17.2 Å². The summed E-state index contributed by atoms with van der Waals surface area (Å²) in [4.78, 5) is 1.83. The van der Waals surface area contributed by atoms with Crippen molar-refractivity contribution >= 4 is 0 Å². The van der Waals surface area contributed by atoms with Gasteiger partial charge in [-0.1, -0.05) is 13.3 Å². The van der Waals surface area contributed by atoms with Crippen molar-refractivity contribution in [3.63, 3.8) is 0 Å². The standard InChI is InChI=1S/C10H26N4O2/c1-2-3-10(13)14(6-8(15)4-11)7-9(16)5-12/h8-10,15-16H,2-7,11-13H2,1H3. The van der Waals surface area contributed by atoms with Gasteiger partial charge in [-0.2, -0.15) is 0 Å². The number of hydrogen-bond donors (Lipinski definition) is 5. The monoisotopic (exact) mass is 234 g/mol. The van der Waals surface area contributed by atoms with Crippen LogP contribution in [0.15, 0.2) is 0 Å². The summed E-state index contributed by atoms with van der Waals surface area (Å²) in [5.41, 5.74) is 16.7. The Kier molecular flexibility index (Phi) is 8.73. The van der Waals surface area contributed by atoms with E-state index in [1.807, 2.05) is 11.8 Å². The molecule has 3 atom stereocenters. The number of aliphatic hydroxyl groups is 2. The topological polar surface area (TPSA) is 122 Å². The van der Waals surface area contributed by atoms with Gasteiger partial charge in [0.25, 0.3) is 0 Å². The van der Waals surface area contributed by atoms with Crippen LogP contribution in [0.2, 0.25) is 0 Å². The van der Waals surface area contributed by atoms with Gasteiger partial charge in [-0.15, -0.1) is 0 Å². The summed E-state index contributed by atoms with van der Waals surface area (Å²) in [5.74, 6) is 0. The first-order valence-corrected chi connectivity index (χ1v) is 5.81. The fourth-order valence-electron chi connectivity index (χ4n) is 1.51. The van der Waals surface area contributed by atoms with Gasteiger partial charge >= 0.3 is 0 Å². The van der Waals surface area contributed by atoms with E-state index in [1.165, 1.54) is 0 Å². The normalized spacial score (nSPS) is 17.4. The smallest absolute Gasteiger partial charge is 0.0789 e. The Balaban J connectivity index is 4.25. The van der Waals surface area contributed by atoms with E-state index in [9.17, 15) is 10.2 Å². The summed E-state index contributed by atoms with van der Waals surface area (Å²) in [6.07, 6.45) is 0.358. The van der Waals surface area contributed by atoms with Crippen molar-refractivity contribution in [2.45, 2.75) is 38.1 Å². The van der Waals surface area contributed by atoms with E-state index in [1.54, 1.807) is 0 Å². The molecule has 8 N–H and O–H groups in total. The number of rotatable bonds is 9. The molecule has 0 aromatic heterocycles. The third kappa shape index (κ3) is 6.37. The fourth-order valence-corrected chi connectivity index (χ4v) is 1.51. The maximum Gasteiger partial charge on any atom is 0.0789 e. The largest absolute Gasteiger partial charge is 0.390 e. The molecule has 0 bridgehead atoms. The Morgan fingerprint density at radius 2 is 1.50 bits per heavy atom. The average molecular weight is 234 g/mol. The zero-order chi connectivity index (χ0) is 12.6. The fraction of sp³-hybridized carbons (Fsp3) is 1.00. The molecular formula is C10H26N4O2. The van der Waals surface area contributed by atoms with Crippen LogP contribution in [-0.2, 0) is 0 Å². The highest BCUT2D eigenvalue weighted by atomic mass is 16.3. The summed E-state index contributed by atoms with van der Waals surface area (Å²) in [6, 6.07) is 0. The van der Waals surface area contributed by atoms with Crippen LogP contribution in [0.25, 0.3) is 0 Å². The maximum atomic E-state index is 9.50. The van der Waals surface area contributed by atoms with Crippen molar-refractivity contribution in [3.05, 3.63) is 0 Å². The van der Waals surface area contributed by atoms with Crippen LogP contribution in [0, 0.1) is 0 Å². The SMILES string of the molecule is CCCC(N)N(CC(O)CN)CC(O)CN. The molecule has 0 heterocycles. The second-order valence-corrected chi connectivity index (χ2v) is 4.09. The first-order chi connectivity index (χ1) is 7.54. The Hall–Kier alpha value is -0.240. The number of hydrogen-bond acceptors (Lipinski definition) is 6. The van der Waals surface area contributed by atoms with Crippen molar-refractivity contribution in [1.29, 1.82) is 0 Å². The molecular weight excluding hydrogens is 208 g/mol. The van der Waals surface area contributed by atoms with Crippen molar-refractivity contribution in [3.8, 4) is 0 Å². The molecule has 0 aliphatic heterocycles. The Labute approximate surface area is 97.4 Å². The van der Waals surface area contributed by atoms with E-state index >= 15 is 0 Å². The lowest BCUT2D eigenvalue weighted by Gasteiger charge is -2.31. The quantitative estimate of drug-likeness (QED) is 0.295. The van der Waals surface area contributed by atoms with Gasteiger partial charge in [0.15, 0.2) is 0 Å². The second-order valence-electron chi connectivity index (χ2n) is 4.09. The third-order valence-electron chi connectivity index (χ3n) is 2.49. The zero-order valence-electron chi connectivity index (χ0n) is 10.0. The molecule has 0 saturated carbocycles. The molecule has 0 fully saturated rings. The van der Waals surface area contributed by atoms with E-state index in [4.69, 9.17) is 17.2 Å². The molecule has 0 amide bonds. The van der Waals surface area contributed by atoms with Crippen molar-refractivity contribution in [2.24, 2.45) is 17.2 Å². The Bertz CT molecular complexity index is 159. The highest BCUT2D eigenvalue weighted by Crippen LogP contribution is 2.04. The molecule has 6 heteroatoms. The van der Waals surface area contributed by atoms with Gasteiger partial charge in [0.05, 0.1) is 18.4 Å². The van der Waals surface area contributed by atoms with Crippen LogP contribution in [0.3, 0.4) is 0 Å². The average Bonchev–Trinajstić information content (AvgIpc) is 2.27. The molecule has 0 spiro atoms. The molecule has 98 valence electrons. The molecule has 0 aromatic carbocycles. The van der Waals surface area contributed by atoms with Crippen LogP contribution in [-0.4, -0.2) is 59.7 Å². The molecule has 0 saturated heterocycles. The first-order valence-electron chi connectivity index (χ1n) is 5.81.